The smallest absolute Gasteiger partial charge is 0.332 e. The monoisotopic (exact) mass is 255 g/mol. The molecule has 2 N–H and O–H groups in total. The Bertz CT molecular complexity index is 458. The maximum atomic E-state index is 11.7. The molecule has 2 unspecified atom stereocenters. The average molecular weight is 255 g/mol. The topological polar surface area (TPSA) is 115 Å². The van der Waals surface area contributed by atoms with Gasteiger partial charge in [-0.3, -0.25) is 4.79 Å². The van der Waals surface area contributed by atoms with Crippen LogP contribution in [0.2, 0.25) is 0 Å². The Morgan fingerprint density at radius 1 is 1.44 bits per heavy atom. The normalized spacial score (nSPS) is 22.9. The lowest BCUT2D eigenvalue weighted by molar-refractivity contribution is -0.151. The van der Waals surface area contributed by atoms with Crippen LogP contribution in [0.1, 0.15) is 24.6 Å². The molecule has 2 atom stereocenters. The quantitative estimate of drug-likeness (QED) is 0.753. The minimum absolute atomic E-state index is 0.108. The van der Waals surface area contributed by atoms with Gasteiger partial charge in [-0.25, -0.2) is 4.79 Å². The van der Waals surface area contributed by atoms with Crippen LogP contribution >= 0.6 is 0 Å². The molecule has 0 spiro atoms. The van der Waals surface area contributed by atoms with E-state index in [1.54, 1.807) is 6.92 Å². The van der Waals surface area contributed by atoms with Crippen molar-refractivity contribution >= 4 is 11.9 Å². The van der Waals surface area contributed by atoms with Crippen LogP contribution in [0.15, 0.2) is 4.52 Å². The van der Waals surface area contributed by atoms with Crippen molar-refractivity contribution in [3.63, 3.8) is 0 Å². The second-order valence-corrected chi connectivity index (χ2v) is 3.98. The van der Waals surface area contributed by atoms with E-state index in [0.29, 0.717) is 24.6 Å². The summed E-state index contributed by atoms with van der Waals surface area (Å²) in [5.74, 6) is -0.622. The van der Waals surface area contributed by atoms with E-state index < -0.39 is 18.2 Å². The highest BCUT2D eigenvalue weighted by Gasteiger charge is 2.34. The number of carboxylic acid groups (broad SMARTS) is 1. The number of carboxylic acids is 1. The third-order valence-electron chi connectivity index (χ3n) is 2.57. The van der Waals surface area contributed by atoms with E-state index >= 15 is 0 Å². The lowest BCUT2D eigenvalue weighted by Crippen LogP contribution is -2.35. The van der Waals surface area contributed by atoms with Crippen molar-refractivity contribution in [2.24, 2.45) is 0 Å². The summed E-state index contributed by atoms with van der Waals surface area (Å²) in [6.45, 7) is 1.78. The molecule has 98 valence electrons. The van der Waals surface area contributed by atoms with E-state index in [2.05, 4.69) is 15.5 Å². The Morgan fingerprint density at radius 3 is 2.72 bits per heavy atom. The van der Waals surface area contributed by atoms with Gasteiger partial charge >= 0.3 is 5.97 Å². The first-order valence-electron chi connectivity index (χ1n) is 5.51. The van der Waals surface area contributed by atoms with Crippen molar-refractivity contribution in [2.45, 2.75) is 38.5 Å². The van der Waals surface area contributed by atoms with Gasteiger partial charge in [-0.2, -0.15) is 4.98 Å². The van der Waals surface area contributed by atoms with Gasteiger partial charge in [0.2, 0.25) is 11.8 Å². The number of carbonyl (C=O) groups excluding carboxylic acids is 1. The zero-order valence-electron chi connectivity index (χ0n) is 9.75. The number of amides is 1. The van der Waals surface area contributed by atoms with Gasteiger partial charge in [-0.15, -0.1) is 0 Å². The summed E-state index contributed by atoms with van der Waals surface area (Å²) in [4.78, 5) is 26.3. The molecule has 8 nitrogen and oxygen atoms in total. The molecule has 1 aliphatic heterocycles. The fourth-order valence-corrected chi connectivity index (χ4v) is 1.70. The van der Waals surface area contributed by atoms with E-state index in [9.17, 15) is 9.59 Å². The van der Waals surface area contributed by atoms with E-state index in [4.69, 9.17) is 14.4 Å². The average Bonchev–Trinajstić information content (AvgIpc) is 2.94. The predicted molar refractivity (Wildman–Crippen MR) is 56.4 cm³/mol. The van der Waals surface area contributed by atoms with Crippen LogP contribution in [0.3, 0.4) is 0 Å². The van der Waals surface area contributed by atoms with Gasteiger partial charge < -0.3 is 19.7 Å². The minimum atomic E-state index is -1.04. The predicted octanol–water partition coefficient (Wildman–Crippen LogP) is -0.374. The zero-order valence-corrected chi connectivity index (χ0v) is 9.75. The number of aromatic nitrogens is 2. The Hall–Kier alpha value is -1.96. The van der Waals surface area contributed by atoms with Crippen LogP contribution < -0.4 is 5.32 Å². The molecular weight excluding hydrogens is 242 g/mol. The number of rotatable bonds is 4. The van der Waals surface area contributed by atoms with Crippen molar-refractivity contribution in [3.05, 3.63) is 11.7 Å². The molecule has 1 aromatic heterocycles. The SMILES string of the molecule is Cc1noc(CNC(=O)C2CCC(C(=O)O)O2)n1. The molecule has 1 aliphatic rings. The number of nitrogens with one attached hydrogen (secondary N) is 1. The molecule has 1 saturated heterocycles. The highest BCUT2D eigenvalue weighted by molar-refractivity contribution is 5.82. The van der Waals surface area contributed by atoms with Crippen molar-refractivity contribution in [2.75, 3.05) is 0 Å². The van der Waals surface area contributed by atoms with Gasteiger partial charge in [0.25, 0.3) is 0 Å². The van der Waals surface area contributed by atoms with Crippen LogP contribution in [0.5, 0.6) is 0 Å². The molecule has 0 aliphatic carbocycles. The van der Waals surface area contributed by atoms with Crippen LogP contribution in [0, 0.1) is 6.92 Å². The van der Waals surface area contributed by atoms with E-state index in [-0.39, 0.29) is 12.5 Å². The van der Waals surface area contributed by atoms with Crippen LogP contribution in [0.4, 0.5) is 0 Å². The first-order chi connectivity index (χ1) is 8.56. The molecule has 2 rings (SSSR count). The lowest BCUT2D eigenvalue weighted by Gasteiger charge is -2.10. The Kier molecular flexibility index (Phi) is 3.56. The lowest BCUT2D eigenvalue weighted by atomic mass is 10.2. The molecule has 0 bridgehead atoms. The maximum Gasteiger partial charge on any atom is 0.332 e. The summed E-state index contributed by atoms with van der Waals surface area (Å²) in [7, 11) is 0. The Labute approximate surface area is 102 Å². The highest BCUT2D eigenvalue weighted by atomic mass is 16.5. The van der Waals surface area contributed by atoms with Crippen LogP contribution in [0.25, 0.3) is 0 Å². The fraction of sp³-hybridized carbons (Fsp3) is 0.600. The zero-order chi connectivity index (χ0) is 13.1. The highest BCUT2D eigenvalue weighted by Crippen LogP contribution is 2.19. The molecule has 0 saturated carbocycles. The van der Waals surface area contributed by atoms with E-state index in [0.717, 1.165) is 0 Å². The summed E-state index contributed by atoms with van der Waals surface area (Å²) >= 11 is 0. The van der Waals surface area contributed by atoms with Crippen LogP contribution in [-0.4, -0.2) is 39.3 Å². The number of hydrogen-bond donors (Lipinski definition) is 2. The summed E-state index contributed by atoms with van der Waals surface area (Å²) in [6.07, 6.45) is -0.889. The third-order valence-corrected chi connectivity index (χ3v) is 2.57. The first kappa shape index (κ1) is 12.5. The minimum Gasteiger partial charge on any atom is -0.479 e. The van der Waals surface area contributed by atoms with Gasteiger partial charge in [0.1, 0.15) is 6.10 Å². The molecule has 0 radical (unpaired) electrons. The molecule has 1 fully saturated rings. The Morgan fingerprint density at radius 2 is 2.17 bits per heavy atom. The largest absolute Gasteiger partial charge is 0.479 e. The van der Waals surface area contributed by atoms with E-state index in [1.165, 1.54) is 0 Å². The molecular formula is C10H13N3O5. The van der Waals surface area contributed by atoms with Crippen LogP contribution in [-0.2, 0) is 20.9 Å². The molecule has 1 amide bonds. The second kappa shape index (κ2) is 5.13. The molecule has 2 heterocycles. The van der Waals surface area contributed by atoms with Gasteiger partial charge in [0.15, 0.2) is 11.9 Å². The summed E-state index contributed by atoms with van der Waals surface area (Å²) in [6, 6.07) is 0. The standard InChI is InChI=1S/C10H13N3O5/c1-5-12-8(18-13-5)4-11-9(14)6-2-3-7(17-6)10(15)16/h6-7H,2-4H2,1H3,(H,11,14)(H,15,16). The molecule has 18 heavy (non-hydrogen) atoms. The van der Waals surface area contributed by atoms with Crippen molar-refractivity contribution in [3.8, 4) is 0 Å². The molecule has 8 heteroatoms. The number of carbonyl (C=O) groups is 2. The Balaban J connectivity index is 1.80. The summed E-state index contributed by atoms with van der Waals surface area (Å²) in [5.41, 5.74) is 0. The number of ether oxygens (including phenoxy) is 1. The number of nitrogens with zero attached hydrogens (tertiary/aromatic N) is 2. The number of aryl methyl sites for hydroxylation is 1. The van der Waals surface area contributed by atoms with Crippen molar-refractivity contribution in [1.82, 2.24) is 15.5 Å². The third kappa shape index (κ3) is 2.83. The molecule has 0 aromatic carbocycles. The summed E-state index contributed by atoms with van der Waals surface area (Å²) < 4.78 is 9.93. The van der Waals surface area contributed by atoms with Crippen molar-refractivity contribution in [1.29, 1.82) is 0 Å². The fourth-order valence-electron chi connectivity index (χ4n) is 1.70. The number of hydrogen-bond acceptors (Lipinski definition) is 6. The van der Waals surface area contributed by atoms with E-state index in [1.807, 2.05) is 0 Å². The van der Waals surface area contributed by atoms with Gasteiger partial charge in [-0.05, 0) is 19.8 Å². The first-order valence-corrected chi connectivity index (χ1v) is 5.51. The van der Waals surface area contributed by atoms with Gasteiger partial charge in [0.05, 0.1) is 6.54 Å². The second-order valence-electron chi connectivity index (χ2n) is 3.98. The maximum absolute atomic E-state index is 11.7. The van der Waals surface area contributed by atoms with Crippen molar-refractivity contribution < 1.29 is 24.0 Å². The van der Waals surface area contributed by atoms with Gasteiger partial charge in [-0.1, -0.05) is 5.16 Å². The van der Waals surface area contributed by atoms with Gasteiger partial charge in [0, 0.05) is 0 Å². The molecule has 1 aromatic rings. The summed E-state index contributed by atoms with van der Waals surface area (Å²) in [5, 5.41) is 14.9. The number of aliphatic carboxylic acids is 1.